The van der Waals surface area contributed by atoms with Gasteiger partial charge in [-0.15, -0.1) is 0 Å². The molecule has 0 radical (unpaired) electrons. The van der Waals surface area contributed by atoms with Gasteiger partial charge in [0, 0.05) is 36.4 Å². The van der Waals surface area contributed by atoms with Crippen LogP contribution in [0.3, 0.4) is 0 Å². The smallest absolute Gasteiger partial charge is 0.162 e. The fourth-order valence-corrected chi connectivity index (χ4v) is 6.51. The Bertz CT molecular complexity index is 1130. The Morgan fingerprint density at radius 2 is 2.17 bits per heavy atom. The average Bonchev–Trinajstić information content (AvgIpc) is 3.32. The largest absolute Gasteiger partial charge is 0.377 e. The lowest BCUT2D eigenvalue weighted by molar-refractivity contribution is 0.0985. The monoisotopic (exact) mass is 426 g/mol. The van der Waals surface area contributed by atoms with Crippen LogP contribution in [0.15, 0.2) is 24.4 Å². The van der Waals surface area contributed by atoms with Gasteiger partial charge in [0.2, 0.25) is 0 Å². The molecule has 2 aliphatic heterocycles. The molecule has 2 aromatic heterocycles. The van der Waals surface area contributed by atoms with Crippen molar-refractivity contribution in [2.24, 2.45) is 0 Å². The molecule has 3 aliphatic rings. The number of allylic oxidation sites excluding steroid dienone is 1. The van der Waals surface area contributed by atoms with Crippen molar-refractivity contribution in [3.05, 3.63) is 41.4 Å². The number of pyridine rings is 1. The molecule has 0 aromatic carbocycles. The maximum atomic E-state index is 13.0. The van der Waals surface area contributed by atoms with Crippen LogP contribution in [0.1, 0.15) is 43.6 Å². The Balaban J connectivity index is 1.71. The SMILES string of the molecule is C[C@@H]1COCCN1c1cc([C@]2(C)CCCS2(=O)=O)nc(-c2ccnc3c2C=CC3)n1. The van der Waals surface area contributed by atoms with Gasteiger partial charge in [0.05, 0.1) is 36.4 Å². The molecule has 5 rings (SSSR count). The maximum Gasteiger partial charge on any atom is 0.162 e. The Labute approximate surface area is 177 Å². The molecular formula is C22H26N4O3S. The predicted molar refractivity (Wildman–Crippen MR) is 116 cm³/mol. The van der Waals surface area contributed by atoms with Gasteiger partial charge in [0.15, 0.2) is 15.7 Å². The maximum absolute atomic E-state index is 13.0. The summed E-state index contributed by atoms with van der Waals surface area (Å²) in [5.41, 5.74) is 3.51. The van der Waals surface area contributed by atoms with Crippen molar-refractivity contribution in [2.45, 2.75) is 43.9 Å². The van der Waals surface area contributed by atoms with E-state index in [9.17, 15) is 8.42 Å². The van der Waals surface area contributed by atoms with E-state index in [1.807, 2.05) is 19.1 Å². The molecule has 2 aromatic rings. The highest BCUT2D eigenvalue weighted by Crippen LogP contribution is 2.42. The standard InChI is InChI=1S/C22H26N4O3S/c1-15-14-29-11-10-26(15)20-13-19(22(2)8-4-12-30(22,27)28)24-21(25-20)17-7-9-23-18-6-3-5-16(17)18/h3,5,7,9,13,15H,4,6,8,10-12,14H2,1-2H3/t15-,22+/m1/s1. The van der Waals surface area contributed by atoms with Crippen molar-refractivity contribution in [2.75, 3.05) is 30.4 Å². The van der Waals surface area contributed by atoms with Crippen LogP contribution in [0.5, 0.6) is 0 Å². The van der Waals surface area contributed by atoms with Crippen molar-refractivity contribution in [3.8, 4) is 11.4 Å². The lowest BCUT2D eigenvalue weighted by Gasteiger charge is -2.35. The highest BCUT2D eigenvalue weighted by atomic mass is 32.2. The Morgan fingerprint density at radius 1 is 1.30 bits per heavy atom. The van der Waals surface area contributed by atoms with E-state index in [0.29, 0.717) is 37.6 Å². The number of hydrogen-bond donors (Lipinski definition) is 0. The number of rotatable bonds is 3. The summed E-state index contributed by atoms with van der Waals surface area (Å²) in [6, 6.07) is 3.96. The number of hydrogen-bond acceptors (Lipinski definition) is 7. The van der Waals surface area contributed by atoms with Crippen LogP contribution in [-0.4, -0.2) is 54.9 Å². The summed E-state index contributed by atoms with van der Waals surface area (Å²) >= 11 is 0. The molecule has 0 saturated carbocycles. The summed E-state index contributed by atoms with van der Waals surface area (Å²) in [5, 5.41) is 0. The van der Waals surface area contributed by atoms with E-state index in [1.165, 1.54) is 0 Å². The molecule has 0 amide bonds. The summed E-state index contributed by atoms with van der Waals surface area (Å²) in [6.45, 7) is 5.88. The lowest BCUT2D eigenvalue weighted by Crippen LogP contribution is -2.44. The molecule has 7 nitrogen and oxygen atoms in total. The van der Waals surface area contributed by atoms with Crippen molar-refractivity contribution in [3.63, 3.8) is 0 Å². The number of morpholine rings is 1. The van der Waals surface area contributed by atoms with E-state index in [-0.39, 0.29) is 11.8 Å². The lowest BCUT2D eigenvalue weighted by atomic mass is 10.00. The molecule has 30 heavy (non-hydrogen) atoms. The zero-order valence-corrected chi connectivity index (χ0v) is 18.2. The normalized spacial score (nSPS) is 27.4. The number of sulfone groups is 1. The van der Waals surface area contributed by atoms with E-state index >= 15 is 0 Å². The van der Waals surface area contributed by atoms with Crippen LogP contribution in [0.2, 0.25) is 0 Å². The molecular weight excluding hydrogens is 400 g/mol. The van der Waals surface area contributed by atoms with Gasteiger partial charge in [-0.25, -0.2) is 18.4 Å². The zero-order chi connectivity index (χ0) is 20.9. The highest BCUT2D eigenvalue weighted by Gasteiger charge is 2.47. The number of ether oxygens (including phenoxy) is 1. The van der Waals surface area contributed by atoms with Gasteiger partial charge in [0.1, 0.15) is 10.6 Å². The van der Waals surface area contributed by atoms with Gasteiger partial charge in [-0.1, -0.05) is 12.2 Å². The molecule has 0 bridgehead atoms. The minimum atomic E-state index is -3.27. The third kappa shape index (κ3) is 3.04. The van der Waals surface area contributed by atoms with E-state index in [4.69, 9.17) is 14.7 Å². The molecule has 0 spiro atoms. The number of fused-ring (bicyclic) bond motifs is 1. The van der Waals surface area contributed by atoms with Crippen LogP contribution in [0.25, 0.3) is 17.5 Å². The van der Waals surface area contributed by atoms with Crippen LogP contribution in [0, 0.1) is 0 Å². The zero-order valence-electron chi connectivity index (χ0n) is 17.3. The Morgan fingerprint density at radius 3 is 2.93 bits per heavy atom. The number of aromatic nitrogens is 3. The minimum absolute atomic E-state index is 0.158. The third-order valence-electron chi connectivity index (χ3n) is 6.58. The molecule has 4 heterocycles. The number of anilines is 1. The van der Waals surface area contributed by atoms with E-state index in [1.54, 1.807) is 6.20 Å². The van der Waals surface area contributed by atoms with Gasteiger partial charge in [-0.2, -0.15) is 0 Å². The molecule has 8 heteroatoms. The van der Waals surface area contributed by atoms with Crippen molar-refractivity contribution < 1.29 is 13.2 Å². The first-order valence-electron chi connectivity index (χ1n) is 10.5. The topological polar surface area (TPSA) is 85.3 Å². The fraction of sp³-hybridized carbons (Fsp3) is 0.500. The fourth-order valence-electron chi connectivity index (χ4n) is 4.66. The summed E-state index contributed by atoms with van der Waals surface area (Å²) in [5.74, 6) is 1.54. The van der Waals surface area contributed by atoms with Crippen LogP contribution in [-0.2, 0) is 25.7 Å². The number of nitrogens with zero attached hydrogens (tertiary/aromatic N) is 4. The van der Waals surface area contributed by atoms with Gasteiger partial charge >= 0.3 is 0 Å². The summed E-state index contributed by atoms with van der Waals surface area (Å²) in [4.78, 5) is 16.4. The predicted octanol–water partition coefficient (Wildman–Crippen LogP) is 2.76. The Hall–Kier alpha value is -2.32. The van der Waals surface area contributed by atoms with Gasteiger partial charge in [0.25, 0.3) is 0 Å². The minimum Gasteiger partial charge on any atom is -0.377 e. The first-order valence-corrected chi connectivity index (χ1v) is 12.2. The first-order chi connectivity index (χ1) is 14.4. The molecule has 0 N–H and O–H groups in total. The highest BCUT2D eigenvalue weighted by molar-refractivity contribution is 7.92. The van der Waals surface area contributed by atoms with Gasteiger partial charge in [-0.05, 0) is 32.8 Å². The average molecular weight is 427 g/mol. The second-order valence-electron chi connectivity index (χ2n) is 8.53. The molecule has 2 fully saturated rings. The molecule has 2 atom stereocenters. The van der Waals surface area contributed by atoms with Crippen LogP contribution >= 0.6 is 0 Å². The van der Waals surface area contributed by atoms with Gasteiger partial charge < -0.3 is 9.64 Å². The van der Waals surface area contributed by atoms with E-state index in [0.717, 1.165) is 35.6 Å². The van der Waals surface area contributed by atoms with Crippen molar-refractivity contribution in [1.29, 1.82) is 0 Å². The van der Waals surface area contributed by atoms with Crippen LogP contribution in [0.4, 0.5) is 5.82 Å². The van der Waals surface area contributed by atoms with Crippen molar-refractivity contribution >= 4 is 21.7 Å². The van der Waals surface area contributed by atoms with E-state index < -0.39 is 14.6 Å². The van der Waals surface area contributed by atoms with Crippen LogP contribution < -0.4 is 4.90 Å². The molecule has 2 saturated heterocycles. The third-order valence-corrected chi connectivity index (χ3v) is 9.19. The Kier molecular flexibility index (Phi) is 4.67. The summed E-state index contributed by atoms with van der Waals surface area (Å²) < 4.78 is 30.5. The summed E-state index contributed by atoms with van der Waals surface area (Å²) in [6.07, 6.45) is 7.95. The summed E-state index contributed by atoms with van der Waals surface area (Å²) in [7, 11) is -3.27. The second kappa shape index (κ2) is 7.13. The van der Waals surface area contributed by atoms with Crippen molar-refractivity contribution in [1.82, 2.24) is 15.0 Å². The molecule has 0 unspecified atom stereocenters. The second-order valence-corrected chi connectivity index (χ2v) is 11.1. The molecule has 158 valence electrons. The van der Waals surface area contributed by atoms with Gasteiger partial charge in [-0.3, -0.25) is 4.98 Å². The quantitative estimate of drug-likeness (QED) is 0.746. The van der Waals surface area contributed by atoms with E-state index in [2.05, 4.69) is 29.0 Å². The molecule has 1 aliphatic carbocycles. The first kappa shape index (κ1) is 19.6.